The first-order chi connectivity index (χ1) is 15.6. The minimum Gasteiger partial charge on any atom is -0.489 e. The Morgan fingerprint density at radius 3 is 2.50 bits per heavy atom. The normalized spacial score (nSPS) is 21.8. The molecular weight excluding hydrogens is 400 g/mol. The van der Waals surface area contributed by atoms with E-state index in [1.54, 1.807) is 0 Å². The average Bonchev–Trinajstić information content (AvgIpc) is 3.28. The van der Waals surface area contributed by atoms with Crippen LogP contribution in [0.5, 0.6) is 17.2 Å². The summed E-state index contributed by atoms with van der Waals surface area (Å²) in [5, 5.41) is 0. The molecule has 1 saturated heterocycles. The summed E-state index contributed by atoms with van der Waals surface area (Å²) in [5.74, 6) is 2.56. The zero-order chi connectivity index (χ0) is 22.0. The Morgan fingerprint density at radius 1 is 0.906 bits per heavy atom. The summed E-state index contributed by atoms with van der Waals surface area (Å²) < 4.78 is 17.3. The van der Waals surface area contributed by atoms with E-state index in [1.807, 2.05) is 78.9 Å². The van der Waals surface area contributed by atoms with Crippen molar-refractivity contribution in [1.82, 2.24) is 0 Å². The molecule has 1 saturated carbocycles. The van der Waals surface area contributed by atoms with Gasteiger partial charge in [-0.3, -0.25) is 4.79 Å². The number of cyclic esters (lactones) is 1. The molecule has 1 aliphatic carbocycles. The Labute approximate surface area is 188 Å². The molecule has 1 heterocycles. The quantitative estimate of drug-likeness (QED) is 0.338. The Hall–Kier alpha value is -3.53. The van der Waals surface area contributed by atoms with Crippen molar-refractivity contribution in [2.24, 2.45) is 11.3 Å². The van der Waals surface area contributed by atoms with Crippen LogP contribution in [0.25, 0.3) is 0 Å². The lowest BCUT2D eigenvalue weighted by atomic mass is 9.75. The highest BCUT2D eigenvalue weighted by molar-refractivity contribution is 5.81. The van der Waals surface area contributed by atoms with Gasteiger partial charge in [0.05, 0.1) is 12.0 Å². The molecule has 0 bridgehead atoms. The molecule has 1 aliphatic heterocycles. The van der Waals surface area contributed by atoms with Gasteiger partial charge in [-0.25, -0.2) is 0 Å². The molecule has 2 fully saturated rings. The zero-order valence-corrected chi connectivity index (χ0v) is 18.0. The smallest absolute Gasteiger partial charge is 0.313 e. The maximum Gasteiger partial charge on any atom is 0.313 e. The monoisotopic (exact) mass is 426 g/mol. The summed E-state index contributed by atoms with van der Waals surface area (Å²) in [6.45, 7) is 5.09. The third-order valence-corrected chi connectivity index (χ3v) is 6.43. The summed E-state index contributed by atoms with van der Waals surface area (Å²) in [7, 11) is 0. The van der Waals surface area contributed by atoms with Gasteiger partial charge in [0.15, 0.2) is 0 Å². The summed E-state index contributed by atoms with van der Waals surface area (Å²) in [6, 6.07) is 25.6. The van der Waals surface area contributed by atoms with E-state index in [2.05, 4.69) is 6.58 Å². The number of benzene rings is 3. The predicted octanol–water partition coefficient (Wildman–Crippen LogP) is 6.11. The molecule has 2 unspecified atom stereocenters. The number of para-hydroxylation sites is 1. The second kappa shape index (κ2) is 8.54. The van der Waals surface area contributed by atoms with Gasteiger partial charge >= 0.3 is 5.97 Å². The summed E-state index contributed by atoms with van der Waals surface area (Å²) in [5.41, 5.74) is 2.88. The first kappa shape index (κ1) is 20.4. The molecule has 0 amide bonds. The molecule has 32 heavy (non-hydrogen) atoms. The van der Waals surface area contributed by atoms with E-state index < -0.39 is 5.41 Å². The van der Waals surface area contributed by atoms with Crippen molar-refractivity contribution >= 4 is 5.97 Å². The Kier molecular flexibility index (Phi) is 5.44. The average molecular weight is 427 g/mol. The zero-order valence-electron chi connectivity index (χ0n) is 18.0. The lowest BCUT2D eigenvalue weighted by Gasteiger charge is -2.24. The van der Waals surface area contributed by atoms with Crippen LogP contribution in [0.3, 0.4) is 0 Å². The van der Waals surface area contributed by atoms with Crippen LogP contribution >= 0.6 is 0 Å². The second-order valence-corrected chi connectivity index (χ2v) is 8.75. The number of hydrogen-bond donors (Lipinski definition) is 0. The van der Waals surface area contributed by atoms with Crippen LogP contribution in [0.4, 0.5) is 0 Å². The molecule has 3 aromatic rings. The molecule has 162 valence electrons. The van der Waals surface area contributed by atoms with E-state index in [4.69, 9.17) is 14.2 Å². The van der Waals surface area contributed by atoms with E-state index in [9.17, 15) is 4.79 Å². The Balaban J connectivity index is 1.21. The molecule has 0 aromatic heterocycles. The molecule has 5 rings (SSSR count). The molecule has 0 spiro atoms. The minimum atomic E-state index is -0.432. The number of fused-ring (bicyclic) bond motifs is 1. The molecule has 0 N–H and O–H groups in total. The molecule has 4 heteroatoms. The first-order valence-electron chi connectivity index (χ1n) is 11.0. The van der Waals surface area contributed by atoms with Crippen molar-refractivity contribution in [2.75, 3.05) is 6.61 Å². The molecule has 2 aliphatic rings. The maximum atomic E-state index is 12.5. The second-order valence-electron chi connectivity index (χ2n) is 8.75. The van der Waals surface area contributed by atoms with Crippen LogP contribution in [0.1, 0.15) is 24.0 Å². The number of allylic oxidation sites excluding steroid dienone is 1. The minimum absolute atomic E-state index is 0.0703. The fourth-order valence-electron chi connectivity index (χ4n) is 4.82. The number of hydrogen-bond acceptors (Lipinski definition) is 4. The number of carbonyl (C=O) groups is 1. The van der Waals surface area contributed by atoms with Gasteiger partial charge in [-0.05, 0) is 66.8 Å². The SMILES string of the molecule is C=C1CC2COC(=O)C2(Cc2ccc(OCc3cccc(Oc4ccccc4)c3)cc2)C1. The van der Waals surface area contributed by atoms with Crippen LogP contribution < -0.4 is 9.47 Å². The topological polar surface area (TPSA) is 44.8 Å². The van der Waals surface area contributed by atoms with Crippen molar-refractivity contribution in [2.45, 2.75) is 25.9 Å². The molecule has 2 atom stereocenters. The number of carbonyl (C=O) groups excluding carboxylic acids is 1. The van der Waals surface area contributed by atoms with Crippen molar-refractivity contribution in [3.8, 4) is 17.2 Å². The summed E-state index contributed by atoms with van der Waals surface area (Å²) >= 11 is 0. The predicted molar refractivity (Wildman–Crippen MR) is 123 cm³/mol. The third-order valence-electron chi connectivity index (χ3n) is 6.43. The Bertz CT molecular complexity index is 1120. The largest absolute Gasteiger partial charge is 0.489 e. The fourth-order valence-corrected chi connectivity index (χ4v) is 4.82. The van der Waals surface area contributed by atoms with Crippen LogP contribution in [0, 0.1) is 11.3 Å². The highest BCUT2D eigenvalue weighted by atomic mass is 16.5. The van der Waals surface area contributed by atoms with Crippen LogP contribution in [0.2, 0.25) is 0 Å². The summed E-state index contributed by atoms with van der Waals surface area (Å²) in [4.78, 5) is 12.5. The highest BCUT2D eigenvalue weighted by Crippen LogP contribution is 2.52. The highest BCUT2D eigenvalue weighted by Gasteiger charge is 2.55. The number of rotatable bonds is 7. The standard InChI is InChI=1S/C28H26O4/c1-20-14-23-19-31-27(29)28(23,16-20)17-21-10-12-24(13-11-21)30-18-22-6-5-9-26(15-22)32-25-7-3-2-4-8-25/h2-13,15,23H,1,14,16-19H2. The van der Waals surface area contributed by atoms with Gasteiger partial charge in [-0.2, -0.15) is 0 Å². The van der Waals surface area contributed by atoms with Crippen molar-refractivity contribution < 1.29 is 19.0 Å². The van der Waals surface area contributed by atoms with Gasteiger partial charge in [0.1, 0.15) is 23.9 Å². The van der Waals surface area contributed by atoms with Crippen molar-refractivity contribution in [3.63, 3.8) is 0 Å². The van der Waals surface area contributed by atoms with E-state index >= 15 is 0 Å². The van der Waals surface area contributed by atoms with Gasteiger partial charge in [-0.1, -0.05) is 54.6 Å². The van der Waals surface area contributed by atoms with Gasteiger partial charge in [-0.15, -0.1) is 0 Å². The first-order valence-corrected chi connectivity index (χ1v) is 11.0. The fraction of sp³-hybridized carbons (Fsp3) is 0.250. The molecule has 3 aromatic carbocycles. The molecular formula is C28H26O4. The van der Waals surface area contributed by atoms with E-state index in [0.717, 1.165) is 46.8 Å². The van der Waals surface area contributed by atoms with E-state index in [-0.39, 0.29) is 11.9 Å². The van der Waals surface area contributed by atoms with Crippen LogP contribution in [0.15, 0.2) is 91.0 Å². The van der Waals surface area contributed by atoms with Crippen LogP contribution in [-0.4, -0.2) is 12.6 Å². The van der Waals surface area contributed by atoms with E-state index in [1.165, 1.54) is 0 Å². The number of ether oxygens (including phenoxy) is 3. The third kappa shape index (κ3) is 4.13. The maximum absolute atomic E-state index is 12.5. The molecule has 4 nitrogen and oxygen atoms in total. The van der Waals surface area contributed by atoms with Gasteiger partial charge in [0.2, 0.25) is 0 Å². The lowest BCUT2D eigenvalue weighted by Crippen LogP contribution is -2.31. The van der Waals surface area contributed by atoms with Gasteiger partial charge in [0.25, 0.3) is 0 Å². The van der Waals surface area contributed by atoms with Crippen molar-refractivity contribution in [3.05, 3.63) is 102 Å². The van der Waals surface area contributed by atoms with Crippen molar-refractivity contribution in [1.29, 1.82) is 0 Å². The van der Waals surface area contributed by atoms with Gasteiger partial charge < -0.3 is 14.2 Å². The molecule has 0 radical (unpaired) electrons. The number of esters is 1. The van der Waals surface area contributed by atoms with Gasteiger partial charge in [0, 0.05) is 5.92 Å². The van der Waals surface area contributed by atoms with Crippen LogP contribution in [-0.2, 0) is 22.6 Å². The lowest BCUT2D eigenvalue weighted by molar-refractivity contribution is -0.146. The van der Waals surface area contributed by atoms with E-state index in [0.29, 0.717) is 19.6 Å². The summed E-state index contributed by atoms with van der Waals surface area (Å²) in [6.07, 6.45) is 2.31. The Morgan fingerprint density at radius 2 is 1.69 bits per heavy atom.